The maximum Gasteiger partial charge on any atom is 0.248 e. The van der Waals surface area contributed by atoms with Gasteiger partial charge in [0.15, 0.2) is 17.3 Å². The smallest absolute Gasteiger partial charge is 0.248 e. The van der Waals surface area contributed by atoms with Crippen LogP contribution in [0, 0.1) is 0 Å². The summed E-state index contributed by atoms with van der Waals surface area (Å²) in [5, 5.41) is 3.29. The minimum absolute atomic E-state index is 0.0394. The van der Waals surface area contributed by atoms with Crippen molar-refractivity contribution in [1.29, 1.82) is 0 Å². The number of anilines is 2. The fraction of sp³-hybridized carbons (Fsp3) is 0.158. The molecule has 1 unspecified atom stereocenters. The van der Waals surface area contributed by atoms with E-state index in [2.05, 4.69) is 15.3 Å². The van der Waals surface area contributed by atoms with Gasteiger partial charge in [0.25, 0.3) is 0 Å². The second-order valence-electron chi connectivity index (χ2n) is 5.47. The van der Waals surface area contributed by atoms with Gasteiger partial charge < -0.3 is 20.5 Å². The molecule has 3 N–H and O–H groups in total. The Morgan fingerprint density at radius 3 is 2.36 bits per heavy atom. The summed E-state index contributed by atoms with van der Waals surface area (Å²) in [5.74, 6) is 1.95. The summed E-state index contributed by atoms with van der Waals surface area (Å²) < 4.78 is 11.1. The first-order valence-electron chi connectivity index (χ1n) is 7.92. The highest BCUT2D eigenvalue weighted by Crippen LogP contribution is 2.35. The molecule has 25 heavy (non-hydrogen) atoms. The number of hydrogen-bond acceptors (Lipinski definition) is 6. The van der Waals surface area contributed by atoms with Crippen molar-refractivity contribution in [1.82, 2.24) is 9.97 Å². The van der Waals surface area contributed by atoms with Gasteiger partial charge >= 0.3 is 0 Å². The quantitative estimate of drug-likeness (QED) is 0.707. The average molecular weight is 336 g/mol. The summed E-state index contributed by atoms with van der Waals surface area (Å²) in [7, 11) is 1.58. The number of nitrogens with two attached hydrogens (primary N) is 1. The zero-order valence-electron chi connectivity index (χ0n) is 14.1. The van der Waals surface area contributed by atoms with Crippen LogP contribution >= 0.6 is 0 Å². The van der Waals surface area contributed by atoms with Crippen LogP contribution in [0.4, 0.5) is 11.5 Å². The van der Waals surface area contributed by atoms with Gasteiger partial charge in [0.1, 0.15) is 12.0 Å². The Morgan fingerprint density at radius 1 is 0.960 bits per heavy atom. The minimum atomic E-state index is 0.0394. The molecule has 0 amide bonds. The molecule has 0 bridgehead atoms. The molecule has 0 fully saturated rings. The Kier molecular flexibility index (Phi) is 4.99. The van der Waals surface area contributed by atoms with Gasteiger partial charge in [-0.05, 0) is 24.6 Å². The van der Waals surface area contributed by atoms with Crippen molar-refractivity contribution < 1.29 is 9.47 Å². The van der Waals surface area contributed by atoms with Gasteiger partial charge in [-0.1, -0.05) is 42.5 Å². The molecule has 128 valence electrons. The SMILES string of the molecule is COc1ccccc1Oc1ncnc(NC(C)c2ccccc2)c1N. The van der Waals surface area contributed by atoms with Crippen molar-refractivity contribution in [2.24, 2.45) is 0 Å². The number of benzene rings is 2. The number of methoxy groups -OCH3 is 1. The Bertz CT molecular complexity index is 840. The molecule has 0 saturated carbocycles. The summed E-state index contributed by atoms with van der Waals surface area (Å²) in [6.07, 6.45) is 1.42. The molecule has 1 heterocycles. The van der Waals surface area contributed by atoms with Crippen molar-refractivity contribution in [3.63, 3.8) is 0 Å². The summed E-state index contributed by atoms with van der Waals surface area (Å²) in [6, 6.07) is 17.4. The van der Waals surface area contributed by atoms with Gasteiger partial charge in [-0.2, -0.15) is 4.98 Å². The number of nitrogens with zero attached hydrogens (tertiary/aromatic N) is 2. The van der Waals surface area contributed by atoms with Gasteiger partial charge in [0.05, 0.1) is 13.2 Å². The van der Waals surface area contributed by atoms with Crippen molar-refractivity contribution in [3.8, 4) is 17.4 Å². The summed E-state index contributed by atoms with van der Waals surface area (Å²) in [5.41, 5.74) is 7.67. The monoisotopic (exact) mass is 336 g/mol. The van der Waals surface area contributed by atoms with Crippen LogP contribution in [0.3, 0.4) is 0 Å². The molecule has 0 aliphatic carbocycles. The van der Waals surface area contributed by atoms with E-state index in [9.17, 15) is 0 Å². The Hall–Kier alpha value is -3.28. The summed E-state index contributed by atoms with van der Waals surface area (Å²) in [6.45, 7) is 2.04. The van der Waals surface area contributed by atoms with Crippen molar-refractivity contribution in [2.45, 2.75) is 13.0 Å². The molecule has 3 aromatic rings. The second-order valence-corrected chi connectivity index (χ2v) is 5.47. The third kappa shape index (κ3) is 3.80. The zero-order valence-corrected chi connectivity index (χ0v) is 14.1. The number of rotatable bonds is 6. The van der Waals surface area contributed by atoms with Crippen molar-refractivity contribution in [2.75, 3.05) is 18.2 Å². The van der Waals surface area contributed by atoms with E-state index in [1.807, 2.05) is 55.5 Å². The molecule has 0 aliphatic rings. The van der Waals surface area contributed by atoms with Crippen LogP contribution in [0.15, 0.2) is 60.9 Å². The van der Waals surface area contributed by atoms with E-state index in [4.69, 9.17) is 15.2 Å². The molecule has 0 spiro atoms. The van der Waals surface area contributed by atoms with Crippen molar-refractivity contribution in [3.05, 3.63) is 66.5 Å². The molecule has 1 aromatic heterocycles. The number of nitrogen functional groups attached to an aromatic ring is 1. The molecule has 6 heteroatoms. The largest absolute Gasteiger partial charge is 0.493 e. The summed E-state index contributed by atoms with van der Waals surface area (Å²) >= 11 is 0. The standard InChI is InChI=1S/C19H20N4O2/c1-13(14-8-4-3-5-9-14)23-18-17(20)19(22-12-21-18)25-16-11-7-6-10-15(16)24-2/h3-13H,20H2,1-2H3,(H,21,22,23). The molecule has 6 nitrogen and oxygen atoms in total. The lowest BCUT2D eigenvalue weighted by Gasteiger charge is -2.17. The molecular formula is C19H20N4O2. The van der Waals surface area contributed by atoms with E-state index in [0.717, 1.165) is 5.56 Å². The maximum atomic E-state index is 6.20. The molecule has 0 saturated heterocycles. The fourth-order valence-corrected chi connectivity index (χ4v) is 2.41. The maximum absolute atomic E-state index is 6.20. The van der Waals surface area contributed by atoms with Crippen LogP contribution in [0.1, 0.15) is 18.5 Å². The zero-order chi connectivity index (χ0) is 17.6. The topological polar surface area (TPSA) is 82.3 Å². The highest BCUT2D eigenvalue weighted by atomic mass is 16.5. The number of hydrogen-bond donors (Lipinski definition) is 2. The van der Waals surface area contributed by atoms with E-state index < -0.39 is 0 Å². The lowest BCUT2D eigenvalue weighted by atomic mass is 10.1. The number of aromatic nitrogens is 2. The van der Waals surface area contributed by atoms with Gasteiger partial charge in [-0.3, -0.25) is 0 Å². The van der Waals surface area contributed by atoms with Gasteiger partial charge in [-0.15, -0.1) is 0 Å². The van der Waals surface area contributed by atoms with E-state index in [1.165, 1.54) is 6.33 Å². The second kappa shape index (κ2) is 7.53. The first-order valence-corrected chi connectivity index (χ1v) is 7.92. The predicted molar refractivity (Wildman–Crippen MR) is 98.0 cm³/mol. The van der Waals surface area contributed by atoms with Crippen LogP contribution < -0.4 is 20.5 Å². The third-order valence-corrected chi connectivity index (χ3v) is 3.78. The molecule has 0 aliphatic heterocycles. The molecule has 0 radical (unpaired) electrons. The number of ether oxygens (including phenoxy) is 2. The number of para-hydroxylation sites is 2. The van der Waals surface area contributed by atoms with Crippen LogP contribution in [0.25, 0.3) is 0 Å². The molecule has 2 aromatic carbocycles. The van der Waals surface area contributed by atoms with Gasteiger partial charge in [0, 0.05) is 0 Å². The molecule has 1 atom stereocenters. The predicted octanol–water partition coefficient (Wildman–Crippen LogP) is 4.03. The highest BCUT2D eigenvalue weighted by molar-refractivity contribution is 5.67. The minimum Gasteiger partial charge on any atom is -0.493 e. The van der Waals surface area contributed by atoms with E-state index in [-0.39, 0.29) is 11.9 Å². The fourth-order valence-electron chi connectivity index (χ4n) is 2.41. The van der Waals surface area contributed by atoms with Crippen molar-refractivity contribution >= 4 is 11.5 Å². The Balaban J connectivity index is 1.83. The van der Waals surface area contributed by atoms with Crippen LogP contribution in [-0.4, -0.2) is 17.1 Å². The third-order valence-electron chi connectivity index (χ3n) is 3.78. The van der Waals surface area contributed by atoms with E-state index >= 15 is 0 Å². The first kappa shape index (κ1) is 16.6. The first-order chi connectivity index (χ1) is 12.2. The van der Waals surface area contributed by atoms with Crippen LogP contribution in [-0.2, 0) is 0 Å². The van der Waals surface area contributed by atoms with E-state index in [1.54, 1.807) is 13.2 Å². The van der Waals surface area contributed by atoms with Crippen LogP contribution in [0.5, 0.6) is 17.4 Å². The highest BCUT2D eigenvalue weighted by Gasteiger charge is 2.14. The van der Waals surface area contributed by atoms with Gasteiger partial charge in [0.2, 0.25) is 5.88 Å². The van der Waals surface area contributed by atoms with E-state index in [0.29, 0.717) is 23.0 Å². The molecular weight excluding hydrogens is 316 g/mol. The number of nitrogens with one attached hydrogen (secondary N) is 1. The van der Waals surface area contributed by atoms with Gasteiger partial charge in [-0.25, -0.2) is 4.98 Å². The Labute approximate surface area is 146 Å². The Morgan fingerprint density at radius 2 is 1.64 bits per heavy atom. The lowest BCUT2D eigenvalue weighted by molar-refractivity contribution is 0.374. The normalized spacial score (nSPS) is 11.6. The molecule has 3 rings (SSSR count). The summed E-state index contributed by atoms with van der Waals surface area (Å²) in [4.78, 5) is 8.37. The van der Waals surface area contributed by atoms with Crippen LogP contribution in [0.2, 0.25) is 0 Å². The average Bonchev–Trinajstić information content (AvgIpc) is 2.66. The lowest BCUT2D eigenvalue weighted by Crippen LogP contribution is -2.11.